The summed E-state index contributed by atoms with van der Waals surface area (Å²) in [6.07, 6.45) is 1.52. The smallest absolute Gasteiger partial charge is 0.263 e. The van der Waals surface area contributed by atoms with Gasteiger partial charge in [-0.1, -0.05) is 35.9 Å². The topological polar surface area (TPSA) is 131 Å². The lowest BCUT2D eigenvalue weighted by molar-refractivity contribution is -0.122. The number of rotatable bonds is 5. The van der Waals surface area contributed by atoms with Crippen molar-refractivity contribution in [3.05, 3.63) is 87.9 Å². The van der Waals surface area contributed by atoms with E-state index in [-0.39, 0.29) is 36.1 Å². The lowest BCUT2D eigenvalue weighted by Crippen LogP contribution is -2.28. The lowest BCUT2D eigenvalue weighted by Gasteiger charge is -2.16. The normalized spacial score (nSPS) is 15.4. The van der Waals surface area contributed by atoms with Crippen molar-refractivity contribution in [2.45, 2.75) is 13.3 Å². The number of halogens is 1. The Morgan fingerprint density at radius 1 is 1.05 bits per heavy atom. The number of H-pyrrole nitrogens is 1. The number of nitrogens with zero attached hydrogens (tertiary/aromatic N) is 6. The molecule has 0 bridgehead atoms. The van der Waals surface area contributed by atoms with Gasteiger partial charge in [-0.05, 0) is 37.3 Å². The maximum atomic E-state index is 13.2. The molecule has 11 nitrogen and oxygen atoms in total. The zero-order chi connectivity index (χ0) is 26.4. The van der Waals surface area contributed by atoms with E-state index < -0.39 is 11.5 Å². The molecule has 1 aliphatic heterocycles. The molecule has 1 atom stereocenters. The molecule has 1 fully saturated rings. The summed E-state index contributed by atoms with van der Waals surface area (Å²) in [6.45, 7) is 2.02. The van der Waals surface area contributed by atoms with E-state index in [2.05, 4.69) is 25.5 Å². The average molecular weight is 529 g/mol. The summed E-state index contributed by atoms with van der Waals surface area (Å²) in [4.78, 5) is 47.6. The number of fused-ring (bicyclic) bond motifs is 1. The van der Waals surface area contributed by atoms with E-state index in [0.29, 0.717) is 27.9 Å². The first kappa shape index (κ1) is 23.6. The Morgan fingerprint density at radius 2 is 1.84 bits per heavy atom. The van der Waals surface area contributed by atoms with Crippen LogP contribution >= 0.6 is 11.6 Å². The van der Waals surface area contributed by atoms with Gasteiger partial charge in [-0.3, -0.25) is 19.4 Å². The number of hydrogen-bond donors (Lipinski definition) is 2. The first-order valence-corrected chi connectivity index (χ1v) is 12.2. The molecular formula is C26H21ClN8O3. The standard InChI is InChI=1S/C26H21ClN8O3/c1-15-10-21(29-24(37)16-11-22(36)33(14-16)18-7-3-2-4-8-18)35(32-15)26-30-23-20(25(38)31-26)13-28-34(23)19-9-5-6-17(27)12-19/h2-10,12-13,16H,11,14H2,1H3,(H,29,37)(H,30,31,38). The minimum atomic E-state index is -0.551. The van der Waals surface area contributed by atoms with E-state index >= 15 is 0 Å². The predicted octanol–water partition coefficient (Wildman–Crippen LogP) is 3.25. The van der Waals surface area contributed by atoms with Gasteiger partial charge in [-0.15, -0.1) is 0 Å². The van der Waals surface area contributed by atoms with Crippen LogP contribution in [0.3, 0.4) is 0 Å². The van der Waals surface area contributed by atoms with Crippen LogP contribution < -0.4 is 15.8 Å². The van der Waals surface area contributed by atoms with E-state index in [1.54, 1.807) is 42.2 Å². The molecule has 0 spiro atoms. The van der Waals surface area contributed by atoms with Crippen molar-refractivity contribution in [1.29, 1.82) is 0 Å². The maximum Gasteiger partial charge on any atom is 0.263 e. The number of nitrogens with one attached hydrogen (secondary N) is 2. The van der Waals surface area contributed by atoms with Crippen molar-refractivity contribution >= 4 is 46.0 Å². The third kappa shape index (κ3) is 4.22. The molecule has 2 N–H and O–H groups in total. The Morgan fingerprint density at radius 3 is 2.63 bits per heavy atom. The highest BCUT2D eigenvalue weighted by Crippen LogP contribution is 2.26. The molecule has 2 amide bonds. The number of carbonyl (C=O) groups excluding carboxylic acids is 2. The highest BCUT2D eigenvalue weighted by atomic mass is 35.5. The summed E-state index contributed by atoms with van der Waals surface area (Å²) >= 11 is 6.14. The number of para-hydroxylation sites is 1. The number of carbonyl (C=O) groups is 2. The van der Waals surface area contributed by atoms with E-state index in [9.17, 15) is 14.4 Å². The molecule has 2 aromatic carbocycles. The van der Waals surface area contributed by atoms with Crippen LogP contribution in [0.1, 0.15) is 12.1 Å². The Balaban J connectivity index is 1.32. The molecule has 38 heavy (non-hydrogen) atoms. The summed E-state index contributed by atoms with van der Waals surface area (Å²) in [7, 11) is 0. The second kappa shape index (κ2) is 9.27. The maximum absolute atomic E-state index is 13.2. The minimum absolute atomic E-state index is 0.0910. The summed E-state index contributed by atoms with van der Waals surface area (Å²) < 4.78 is 2.87. The van der Waals surface area contributed by atoms with Crippen molar-refractivity contribution in [3.63, 3.8) is 0 Å². The SMILES string of the molecule is Cc1cc(NC(=O)C2CC(=O)N(c3ccccc3)C2)n(-c2nc3c(cnn3-c3cccc(Cl)c3)c(=O)[nH]2)n1. The fourth-order valence-corrected chi connectivity index (χ4v) is 4.71. The van der Waals surface area contributed by atoms with Crippen molar-refractivity contribution < 1.29 is 9.59 Å². The largest absolute Gasteiger partial charge is 0.312 e. The van der Waals surface area contributed by atoms with Gasteiger partial charge in [0.25, 0.3) is 5.56 Å². The molecular weight excluding hydrogens is 508 g/mol. The average Bonchev–Trinajstić information content (AvgIpc) is 3.61. The molecule has 1 unspecified atom stereocenters. The van der Waals surface area contributed by atoms with Crippen molar-refractivity contribution in [2.24, 2.45) is 5.92 Å². The van der Waals surface area contributed by atoms with Crippen LogP contribution in [0.2, 0.25) is 5.02 Å². The van der Waals surface area contributed by atoms with Crippen LogP contribution in [0.4, 0.5) is 11.5 Å². The molecule has 4 heterocycles. The molecule has 0 aliphatic carbocycles. The zero-order valence-electron chi connectivity index (χ0n) is 20.1. The van der Waals surface area contributed by atoms with Gasteiger partial charge < -0.3 is 10.2 Å². The molecule has 190 valence electrons. The van der Waals surface area contributed by atoms with E-state index in [1.807, 2.05) is 30.3 Å². The fraction of sp³-hybridized carbons (Fsp3) is 0.154. The number of aromatic amines is 1. The molecule has 3 aromatic heterocycles. The van der Waals surface area contributed by atoms with E-state index in [1.165, 1.54) is 15.6 Å². The molecule has 5 aromatic rings. The van der Waals surface area contributed by atoms with E-state index in [0.717, 1.165) is 5.69 Å². The van der Waals surface area contributed by atoms with Gasteiger partial charge in [0.05, 0.1) is 23.5 Å². The first-order valence-electron chi connectivity index (χ1n) is 11.8. The van der Waals surface area contributed by atoms with Crippen LogP contribution in [-0.2, 0) is 9.59 Å². The fourth-order valence-electron chi connectivity index (χ4n) is 4.52. The molecule has 12 heteroatoms. The monoisotopic (exact) mass is 528 g/mol. The van der Waals surface area contributed by atoms with Gasteiger partial charge in [0.1, 0.15) is 11.2 Å². The molecule has 1 saturated heterocycles. The predicted molar refractivity (Wildman–Crippen MR) is 142 cm³/mol. The van der Waals surface area contributed by atoms with Crippen LogP contribution in [0.5, 0.6) is 0 Å². The first-order chi connectivity index (χ1) is 18.4. The number of benzene rings is 2. The highest BCUT2D eigenvalue weighted by Gasteiger charge is 2.35. The van der Waals surface area contributed by atoms with E-state index in [4.69, 9.17) is 11.6 Å². The highest BCUT2D eigenvalue weighted by molar-refractivity contribution is 6.30. The molecule has 1 aliphatic rings. The Hall–Kier alpha value is -4.77. The summed E-state index contributed by atoms with van der Waals surface area (Å²) in [5.41, 5.74) is 1.87. The van der Waals surface area contributed by atoms with Crippen LogP contribution in [0.25, 0.3) is 22.7 Å². The Bertz CT molecular complexity index is 1760. The summed E-state index contributed by atoms with van der Waals surface area (Å²) in [6, 6.07) is 17.9. The van der Waals surface area contributed by atoms with Gasteiger partial charge in [-0.2, -0.15) is 19.9 Å². The van der Waals surface area contributed by atoms with Gasteiger partial charge >= 0.3 is 0 Å². The van der Waals surface area contributed by atoms with Crippen LogP contribution in [-0.4, -0.2) is 47.9 Å². The van der Waals surface area contributed by atoms with Gasteiger partial charge in [0.2, 0.25) is 17.8 Å². The van der Waals surface area contributed by atoms with Crippen molar-refractivity contribution in [3.8, 4) is 11.6 Å². The summed E-state index contributed by atoms with van der Waals surface area (Å²) in [5.74, 6) is -0.584. The minimum Gasteiger partial charge on any atom is -0.312 e. The number of aryl methyl sites for hydroxylation is 1. The van der Waals surface area contributed by atoms with Gasteiger partial charge in [-0.25, -0.2) is 4.68 Å². The second-order valence-electron chi connectivity index (χ2n) is 8.98. The number of aromatic nitrogens is 6. The molecule has 6 rings (SSSR count). The van der Waals surface area contributed by atoms with Crippen molar-refractivity contribution in [1.82, 2.24) is 29.5 Å². The Labute approximate surface area is 220 Å². The summed E-state index contributed by atoms with van der Waals surface area (Å²) in [5, 5.41) is 12.4. The third-order valence-corrected chi connectivity index (χ3v) is 6.56. The van der Waals surface area contributed by atoms with Crippen LogP contribution in [0.15, 0.2) is 71.7 Å². The molecule has 0 radical (unpaired) electrons. The third-order valence-electron chi connectivity index (χ3n) is 6.33. The molecule has 0 saturated carbocycles. The zero-order valence-corrected chi connectivity index (χ0v) is 20.9. The number of anilines is 2. The van der Waals surface area contributed by atoms with Gasteiger partial charge in [0.15, 0.2) is 5.65 Å². The quantitative estimate of drug-likeness (QED) is 0.360. The van der Waals surface area contributed by atoms with Crippen molar-refractivity contribution in [2.75, 3.05) is 16.8 Å². The van der Waals surface area contributed by atoms with Crippen LogP contribution in [0, 0.1) is 12.8 Å². The Kier molecular flexibility index (Phi) is 5.76. The number of hydrogen-bond acceptors (Lipinski definition) is 6. The lowest BCUT2D eigenvalue weighted by atomic mass is 10.1. The number of amides is 2. The van der Waals surface area contributed by atoms with Gasteiger partial charge in [0, 0.05) is 29.7 Å². The second-order valence-corrected chi connectivity index (χ2v) is 9.41.